The first-order valence-electron chi connectivity index (χ1n) is 5.13. The number of hydrogen-bond donors (Lipinski definition) is 1. The van der Waals surface area contributed by atoms with Gasteiger partial charge in [0.1, 0.15) is 17.0 Å². The van der Waals surface area contributed by atoms with Gasteiger partial charge in [0.2, 0.25) is 0 Å². The summed E-state index contributed by atoms with van der Waals surface area (Å²) in [7, 11) is 3.17. The minimum Gasteiger partial charge on any atom is -0.496 e. The smallest absolute Gasteiger partial charge is 0.339 e. The second-order valence-electron chi connectivity index (χ2n) is 3.71. The zero-order chi connectivity index (χ0) is 13.3. The SMILES string of the molecule is COc1ccc(Cl)cc1-c1nn(C)cc1C(=O)O. The number of benzene rings is 1. The molecule has 5 nitrogen and oxygen atoms in total. The lowest BCUT2D eigenvalue weighted by atomic mass is 10.1. The monoisotopic (exact) mass is 266 g/mol. The molecule has 1 aromatic heterocycles. The van der Waals surface area contributed by atoms with Gasteiger partial charge in [-0.3, -0.25) is 4.68 Å². The standard InChI is InChI=1S/C12H11ClN2O3/c1-15-6-9(12(16)17)11(14-15)8-5-7(13)3-4-10(8)18-2/h3-6H,1-2H3,(H,16,17). The average Bonchev–Trinajstić information content (AvgIpc) is 2.71. The summed E-state index contributed by atoms with van der Waals surface area (Å²) >= 11 is 5.92. The number of aromatic nitrogens is 2. The Labute approximate surface area is 109 Å². The normalized spacial score (nSPS) is 10.4. The van der Waals surface area contributed by atoms with E-state index in [0.29, 0.717) is 22.0 Å². The molecule has 0 aliphatic heterocycles. The molecule has 2 aromatic rings. The van der Waals surface area contributed by atoms with Crippen LogP contribution < -0.4 is 4.74 Å². The number of hydrogen-bond acceptors (Lipinski definition) is 3. The fourth-order valence-electron chi connectivity index (χ4n) is 1.71. The van der Waals surface area contributed by atoms with E-state index in [9.17, 15) is 4.79 Å². The number of carboxylic acids is 1. The highest BCUT2D eigenvalue weighted by Crippen LogP contribution is 2.33. The van der Waals surface area contributed by atoms with Gasteiger partial charge in [0.25, 0.3) is 0 Å². The van der Waals surface area contributed by atoms with E-state index in [1.165, 1.54) is 18.0 Å². The molecule has 0 radical (unpaired) electrons. The van der Waals surface area contributed by atoms with Crippen LogP contribution in [0.5, 0.6) is 5.75 Å². The minimum atomic E-state index is -1.04. The van der Waals surface area contributed by atoms with Crippen molar-refractivity contribution in [3.63, 3.8) is 0 Å². The van der Waals surface area contributed by atoms with Crippen molar-refractivity contribution >= 4 is 17.6 Å². The first-order valence-corrected chi connectivity index (χ1v) is 5.51. The highest BCUT2D eigenvalue weighted by Gasteiger charge is 2.19. The lowest BCUT2D eigenvalue weighted by Gasteiger charge is -2.07. The van der Waals surface area contributed by atoms with Crippen molar-refractivity contribution in [2.75, 3.05) is 7.11 Å². The fourth-order valence-corrected chi connectivity index (χ4v) is 1.88. The zero-order valence-corrected chi connectivity index (χ0v) is 10.6. The summed E-state index contributed by atoms with van der Waals surface area (Å²) in [4.78, 5) is 11.2. The molecule has 0 unspecified atom stereocenters. The molecule has 1 aromatic carbocycles. The third-order valence-electron chi connectivity index (χ3n) is 2.48. The van der Waals surface area contributed by atoms with E-state index >= 15 is 0 Å². The van der Waals surface area contributed by atoms with Crippen molar-refractivity contribution in [2.45, 2.75) is 0 Å². The minimum absolute atomic E-state index is 0.109. The summed E-state index contributed by atoms with van der Waals surface area (Å²) in [6.07, 6.45) is 1.44. The topological polar surface area (TPSA) is 64.4 Å². The predicted molar refractivity (Wildman–Crippen MR) is 67.2 cm³/mol. The lowest BCUT2D eigenvalue weighted by molar-refractivity contribution is 0.0697. The summed E-state index contributed by atoms with van der Waals surface area (Å²) in [5, 5.41) is 13.8. The Morgan fingerprint density at radius 2 is 2.22 bits per heavy atom. The molecule has 18 heavy (non-hydrogen) atoms. The predicted octanol–water partition coefficient (Wildman–Crippen LogP) is 2.45. The average molecular weight is 267 g/mol. The Bertz CT molecular complexity index is 607. The van der Waals surface area contributed by atoms with E-state index in [1.807, 2.05) is 0 Å². The van der Waals surface area contributed by atoms with E-state index in [1.54, 1.807) is 25.2 Å². The van der Waals surface area contributed by atoms with Crippen molar-refractivity contribution in [2.24, 2.45) is 7.05 Å². The number of ether oxygens (including phenoxy) is 1. The van der Waals surface area contributed by atoms with E-state index in [2.05, 4.69) is 5.10 Å². The molecule has 0 bridgehead atoms. The van der Waals surface area contributed by atoms with Crippen molar-refractivity contribution in [1.29, 1.82) is 0 Å². The summed E-state index contributed by atoms with van der Waals surface area (Å²) in [5.41, 5.74) is 1.01. The van der Waals surface area contributed by atoms with Gasteiger partial charge in [-0.15, -0.1) is 0 Å². The maximum Gasteiger partial charge on any atom is 0.339 e. The van der Waals surface area contributed by atoms with Crippen LogP contribution in [0.3, 0.4) is 0 Å². The van der Waals surface area contributed by atoms with E-state index < -0.39 is 5.97 Å². The van der Waals surface area contributed by atoms with Crippen LogP contribution in [-0.2, 0) is 7.05 Å². The molecular weight excluding hydrogens is 256 g/mol. The number of nitrogens with zero attached hydrogens (tertiary/aromatic N) is 2. The molecule has 1 N–H and O–H groups in total. The Kier molecular flexibility index (Phi) is 3.25. The van der Waals surface area contributed by atoms with Crippen LogP contribution >= 0.6 is 11.6 Å². The second-order valence-corrected chi connectivity index (χ2v) is 4.15. The lowest BCUT2D eigenvalue weighted by Crippen LogP contribution is -1.98. The zero-order valence-electron chi connectivity index (χ0n) is 9.85. The van der Waals surface area contributed by atoms with E-state index in [-0.39, 0.29) is 5.56 Å². The van der Waals surface area contributed by atoms with Crippen LogP contribution in [-0.4, -0.2) is 28.0 Å². The van der Waals surface area contributed by atoms with E-state index in [0.717, 1.165) is 0 Å². The van der Waals surface area contributed by atoms with Gasteiger partial charge in [-0.05, 0) is 18.2 Å². The Balaban J connectivity index is 2.68. The van der Waals surface area contributed by atoms with Gasteiger partial charge in [-0.1, -0.05) is 11.6 Å². The third-order valence-corrected chi connectivity index (χ3v) is 2.71. The van der Waals surface area contributed by atoms with Crippen LogP contribution in [0.15, 0.2) is 24.4 Å². The molecule has 94 valence electrons. The second kappa shape index (κ2) is 4.70. The molecule has 6 heteroatoms. The molecule has 0 aliphatic carbocycles. The first-order chi connectivity index (χ1) is 8.52. The van der Waals surface area contributed by atoms with Gasteiger partial charge in [0, 0.05) is 23.8 Å². The van der Waals surface area contributed by atoms with Crippen molar-refractivity contribution in [3.05, 3.63) is 35.0 Å². The molecule has 1 heterocycles. The molecule has 0 saturated heterocycles. The van der Waals surface area contributed by atoms with Crippen molar-refractivity contribution in [1.82, 2.24) is 9.78 Å². The maximum atomic E-state index is 11.2. The number of aromatic carboxylic acids is 1. The number of aryl methyl sites for hydroxylation is 1. The summed E-state index contributed by atoms with van der Waals surface area (Å²) in [6.45, 7) is 0. The van der Waals surface area contributed by atoms with Gasteiger partial charge < -0.3 is 9.84 Å². The van der Waals surface area contributed by atoms with Crippen LogP contribution in [0.1, 0.15) is 10.4 Å². The molecule has 0 spiro atoms. The van der Waals surface area contributed by atoms with Crippen LogP contribution in [0, 0.1) is 0 Å². The number of carboxylic acid groups (broad SMARTS) is 1. The van der Waals surface area contributed by atoms with Gasteiger partial charge >= 0.3 is 5.97 Å². The van der Waals surface area contributed by atoms with Crippen molar-refractivity contribution in [3.8, 4) is 17.0 Å². The van der Waals surface area contributed by atoms with Crippen LogP contribution in [0.2, 0.25) is 5.02 Å². The van der Waals surface area contributed by atoms with Crippen LogP contribution in [0.25, 0.3) is 11.3 Å². The Morgan fingerprint density at radius 3 is 2.83 bits per heavy atom. The molecule has 0 amide bonds. The summed E-state index contributed by atoms with van der Waals surface area (Å²) < 4.78 is 6.64. The van der Waals surface area contributed by atoms with E-state index in [4.69, 9.17) is 21.4 Å². The van der Waals surface area contributed by atoms with Crippen molar-refractivity contribution < 1.29 is 14.6 Å². The largest absolute Gasteiger partial charge is 0.496 e. The highest BCUT2D eigenvalue weighted by molar-refractivity contribution is 6.31. The molecule has 2 rings (SSSR count). The summed E-state index contributed by atoms with van der Waals surface area (Å²) in [5.74, 6) is -0.513. The first kappa shape index (κ1) is 12.4. The number of halogens is 1. The molecule has 0 saturated carbocycles. The van der Waals surface area contributed by atoms with Gasteiger partial charge in [-0.2, -0.15) is 5.10 Å². The third kappa shape index (κ3) is 2.17. The molecule has 0 aliphatic rings. The Morgan fingerprint density at radius 1 is 1.50 bits per heavy atom. The van der Waals surface area contributed by atoms with Gasteiger partial charge in [0.05, 0.1) is 7.11 Å². The Hall–Kier alpha value is -2.01. The molecule has 0 fully saturated rings. The number of methoxy groups -OCH3 is 1. The quantitative estimate of drug-likeness (QED) is 0.927. The summed E-state index contributed by atoms with van der Waals surface area (Å²) in [6, 6.07) is 4.99. The molecular formula is C12H11ClN2O3. The van der Waals surface area contributed by atoms with Crippen LogP contribution in [0.4, 0.5) is 0 Å². The number of rotatable bonds is 3. The van der Waals surface area contributed by atoms with Gasteiger partial charge in [0.15, 0.2) is 0 Å². The maximum absolute atomic E-state index is 11.2. The number of carbonyl (C=O) groups is 1. The fraction of sp³-hybridized carbons (Fsp3) is 0.167. The van der Waals surface area contributed by atoms with Gasteiger partial charge in [-0.25, -0.2) is 4.79 Å². The highest BCUT2D eigenvalue weighted by atomic mass is 35.5. The molecule has 0 atom stereocenters.